The molecule has 0 bridgehead atoms. The second-order valence-corrected chi connectivity index (χ2v) is 7.53. The van der Waals surface area contributed by atoms with Gasteiger partial charge in [0, 0.05) is 10.7 Å². The zero-order valence-electron chi connectivity index (χ0n) is 17.3. The molecule has 7 heteroatoms. The summed E-state index contributed by atoms with van der Waals surface area (Å²) < 4.78 is 11.1. The van der Waals surface area contributed by atoms with Crippen molar-refractivity contribution >= 4 is 40.9 Å². The molecule has 0 aliphatic rings. The van der Waals surface area contributed by atoms with Crippen LogP contribution in [0.4, 0.5) is 5.69 Å². The number of amides is 1. The summed E-state index contributed by atoms with van der Waals surface area (Å²) in [6.07, 6.45) is 1.47. The third kappa shape index (κ3) is 6.52. The summed E-state index contributed by atoms with van der Waals surface area (Å²) in [5.74, 6) is 0.679. The Labute approximate surface area is 196 Å². The van der Waals surface area contributed by atoms with Gasteiger partial charge in [0.15, 0.2) is 0 Å². The Balaban J connectivity index is 1.62. The van der Waals surface area contributed by atoms with Crippen LogP contribution in [-0.2, 0) is 11.4 Å². The Hall–Kier alpha value is -3.46. The Morgan fingerprint density at radius 2 is 1.75 bits per heavy atom. The van der Waals surface area contributed by atoms with E-state index in [1.807, 2.05) is 25.1 Å². The summed E-state index contributed by atoms with van der Waals surface area (Å²) in [4.78, 5) is 12.5. The molecule has 0 aliphatic heterocycles. The summed E-state index contributed by atoms with van der Waals surface area (Å²) in [6.45, 7) is 2.75. The standard InChI is InChI=1S/C25H20Cl2N2O3/c1-2-31-24-12-5-18(14-23(24)27)13-19(15-28)25(30)29-21-8-10-22(11-9-21)32-16-17-3-6-20(26)7-4-17/h3-14H,2,16H2,1H3,(H,29,30)/b19-13+. The predicted molar refractivity (Wildman–Crippen MR) is 127 cm³/mol. The van der Waals surface area contributed by atoms with Gasteiger partial charge in [0.1, 0.15) is 29.7 Å². The number of carbonyl (C=O) groups is 1. The molecule has 1 amide bonds. The molecule has 5 nitrogen and oxygen atoms in total. The van der Waals surface area contributed by atoms with Gasteiger partial charge in [-0.05, 0) is 72.7 Å². The van der Waals surface area contributed by atoms with Gasteiger partial charge >= 0.3 is 0 Å². The highest BCUT2D eigenvalue weighted by molar-refractivity contribution is 6.32. The Bertz CT molecular complexity index is 1150. The molecule has 0 heterocycles. The van der Waals surface area contributed by atoms with Gasteiger partial charge < -0.3 is 14.8 Å². The van der Waals surface area contributed by atoms with E-state index >= 15 is 0 Å². The quantitative estimate of drug-likeness (QED) is 0.303. The number of anilines is 1. The van der Waals surface area contributed by atoms with Gasteiger partial charge in [-0.15, -0.1) is 0 Å². The molecule has 0 radical (unpaired) electrons. The molecular weight excluding hydrogens is 447 g/mol. The minimum Gasteiger partial charge on any atom is -0.492 e. The lowest BCUT2D eigenvalue weighted by atomic mass is 10.1. The van der Waals surface area contributed by atoms with E-state index in [4.69, 9.17) is 32.7 Å². The number of nitriles is 1. The van der Waals surface area contributed by atoms with Gasteiger partial charge in [-0.3, -0.25) is 4.79 Å². The van der Waals surface area contributed by atoms with Crippen molar-refractivity contribution in [3.63, 3.8) is 0 Å². The lowest BCUT2D eigenvalue weighted by molar-refractivity contribution is -0.112. The fourth-order valence-electron chi connectivity index (χ4n) is 2.77. The number of hydrogen-bond donors (Lipinski definition) is 1. The van der Waals surface area contributed by atoms with E-state index in [1.54, 1.807) is 54.6 Å². The normalized spacial score (nSPS) is 10.9. The smallest absolute Gasteiger partial charge is 0.266 e. The summed E-state index contributed by atoms with van der Waals surface area (Å²) in [6, 6.07) is 21.3. The SMILES string of the molecule is CCOc1ccc(/C=C(\C#N)C(=O)Nc2ccc(OCc3ccc(Cl)cc3)cc2)cc1Cl. The van der Waals surface area contributed by atoms with Crippen LogP contribution in [0.3, 0.4) is 0 Å². The topological polar surface area (TPSA) is 71.3 Å². The largest absolute Gasteiger partial charge is 0.492 e. The molecule has 0 fully saturated rings. The monoisotopic (exact) mass is 466 g/mol. The van der Waals surface area contributed by atoms with Gasteiger partial charge in [-0.1, -0.05) is 41.4 Å². The first-order chi connectivity index (χ1) is 15.5. The molecule has 0 unspecified atom stereocenters. The van der Waals surface area contributed by atoms with Crippen molar-refractivity contribution in [2.75, 3.05) is 11.9 Å². The van der Waals surface area contributed by atoms with Crippen LogP contribution in [0, 0.1) is 11.3 Å². The lowest BCUT2D eigenvalue weighted by Crippen LogP contribution is -2.13. The highest BCUT2D eigenvalue weighted by atomic mass is 35.5. The lowest BCUT2D eigenvalue weighted by Gasteiger charge is -2.09. The van der Waals surface area contributed by atoms with Gasteiger partial charge in [0.2, 0.25) is 0 Å². The van der Waals surface area contributed by atoms with E-state index in [9.17, 15) is 10.1 Å². The van der Waals surface area contributed by atoms with Crippen molar-refractivity contribution in [3.8, 4) is 17.6 Å². The van der Waals surface area contributed by atoms with Crippen LogP contribution in [0.1, 0.15) is 18.1 Å². The molecule has 3 rings (SSSR count). The number of nitrogens with zero attached hydrogens (tertiary/aromatic N) is 1. The van der Waals surface area contributed by atoms with Crippen LogP contribution in [0.25, 0.3) is 6.08 Å². The molecule has 0 atom stereocenters. The first-order valence-corrected chi connectivity index (χ1v) is 10.6. The number of carbonyl (C=O) groups excluding carboxylic acids is 1. The molecule has 1 N–H and O–H groups in total. The third-order valence-electron chi connectivity index (χ3n) is 4.36. The van der Waals surface area contributed by atoms with E-state index in [-0.39, 0.29) is 5.57 Å². The molecule has 0 aliphatic carbocycles. The first-order valence-electron chi connectivity index (χ1n) is 9.81. The van der Waals surface area contributed by atoms with Crippen LogP contribution < -0.4 is 14.8 Å². The fourth-order valence-corrected chi connectivity index (χ4v) is 3.14. The van der Waals surface area contributed by atoms with Gasteiger partial charge in [-0.25, -0.2) is 0 Å². The van der Waals surface area contributed by atoms with Crippen molar-refractivity contribution in [1.29, 1.82) is 5.26 Å². The number of hydrogen-bond acceptors (Lipinski definition) is 4. The summed E-state index contributed by atoms with van der Waals surface area (Å²) in [5.41, 5.74) is 2.11. The minimum atomic E-state index is -0.521. The maximum atomic E-state index is 12.5. The van der Waals surface area contributed by atoms with Crippen LogP contribution >= 0.6 is 23.2 Å². The second kappa shape index (κ2) is 11.2. The average molecular weight is 467 g/mol. The van der Waals surface area contributed by atoms with Crippen molar-refractivity contribution in [1.82, 2.24) is 0 Å². The minimum absolute atomic E-state index is 0.0479. The number of benzene rings is 3. The molecular formula is C25H20Cl2N2O3. The van der Waals surface area contributed by atoms with E-state index in [1.165, 1.54) is 6.08 Å². The van der Waals surface area contributed by atoms with Crippen molar-refractivity contribution < 1.29 is 14.3 Å². The van der Waals surface area contributed by atoms with Gasteiger partial charge in [-0.2, -0.15) is 5.26 Å². The summed E-state index contributed by atoms with van der Waals surface area (Å²) in [7, 11) is 0. The Morgan fingerprint density at radius 1 is 1.03 bits per heavy atom. The number of ether oxygens (including phenoxy) is 2. The van der Waals surface area contributed by atoms with Crippen molar-refractivity contribution in [3.05, 3.63) is 93.5 Å². The zero-order valence-corrected chi connectivity index (χ0v) is 18.8. The number of halogens is 2. The highest BCUT2D eigenvalue weighted by Crippen LogP contribution is 2.26. The molecule has 0 saturated heterocycles. The second-order valence-electron chi connectivity index (χ2n) is 6.69. The fraction of sp³-hybridized carbons (Fsp3) is 0.120. The van der Waals surface area contributed by atoms with Crippen molar-refractivity contribution in [2.45, 2.75) is 13.5 Å². The molecule has 162 valence electrons. The molecule has 0 aromatic heterocycles. The van der Waals surface area contributed by atoms with Crippen molar-refractivity contribution in [2.24, 2.45) is 0 Å². The van der Waals surface area contributed by atoms with E-state index in [2.05, 4.69) is 5.32 Å². The summed E-state index contributed by atoms with van der Waals surface area (Å²) in [5, 5.41) is 13.2. The average Bonchev–Trinajstić information content (AvgIpc) is 2.80. The van der Waals surface area contributed by atoms with E-state index < -0.39 is 5.91 Å². The Kier molecular flexibility index (Phi) is 8.15. The van der Waals surface area contributed by atoms with Gasteiger partial charge in [0.25, 0.3) is 5.91 Å². The molecule has 0 spiro atoms. The molecule has 3 aromatic carbocycles. The maximum Gasteiger partial charge on any atom is 0.266 e. The maximum absolute atomic E-state index is 12.5. The highest BCUT2D eigenvalue weighted by Gasteiger charge is 2.11. The van der Waals surface area contributed by atoms with E-state index in [0.717, 1.165) is 5.56 Å². The molecule has 0 saturated carbocycles. The van der Waals surface area contributed by atoms with Crippen LogP contribution in [0.2, 0.25) is 10.0 Å². The number of nitrogens with one attached hydrogen (secondary N) is 1. The van der Waals surface area contributed by atoms with E-state index in [0.29, 0.717) is 46.0 Å². The van der Waals surface area contributed by atoms with Gasteiger partial charge in [0.05, 0.1) is 11.6 Å². The van der Waals surface area contributed by atoms with Crippen LogP contribution in [-0.4, -0.2) is 12.5 Å². The first kappa shape index (κ1) is 23.2. The predicted octanol–water partition coefficient (Wildman–Crippen LogP) is 6.52. The Morgan fingerprint density at radius 3 is 2.38 bits per heavy atom. The van der Waals surface area contributed by atoms with Crippen LogP contribution in [0.5, 0.6) is 11.5 Å². The molecule has 32 heavy (non-hydrogen) atoms. The summed E-state index contributed by atoms with van der Waals surface area (Å²) >= 11 is 12.1. The number of rotatable bonds is 8. The van der Waals surface area contributed by atoms with Crippen LogP contribution in [0.15, 0.2) is 72.3 Å². The molecule has 3 aromatic rings. The third-order valence-corrected chi connectivity index (χ3v) is 4.91. The zero-order chi connectivity index (χ0) is 22.9.